The number of piperidine rings is 1. The maximum absolute atomic E-state index is 13.5. The molecule has 0 aliphatic carbocycles. The van der Waals surface area contributed by atoms with Crippen LogP contribution < -0.4 is 10.2 Å². The Kier molecular flexibility index (Phi) is 7.14. The number of carbonyl (C=O) groups is 1. The van der Waals surface area contributed by atoms with E-state index in [1.807, 2.05) is 48.2 Å². The third-order valence-corrected chi connectivity index (χ3v) is 9.12. The van der Waals surface area contributed by atoms with Crippen LogP contribution in [0.3, 0.4) is 0 Å². The molecular weight excluding hydrogens is 526 g/mol. The molecule has 1 fully saturated rings. The number of aromatic nitrogens is 2. The Hall–Kier alpha value is -3.26. The highest BCUT2D eigenvalue weighted by Crippen LogP contribution is 2.50. The summed E-state index contributed by atoms with van der Waals surface area (Å²) in [5.74, 6) is 0. The van der Waals surface area contributed by atoms with Gasteiger partial charge in [-0.15, -0.1) is 11.3 Å². The summed E-state index contributed by atoms with van der Waals surface area (Å²) in [5.41, 5.74) is 6.41. The highest BCUT2D eigenvalue weighted by Gasteiger charge is 2.48. The van der Waals surface area contributed by atoms with Gasteiger partial charge < -0.3 is 5.32 Å². The average Bonchev–Trinajstić information content (AvgIpc) is 3.47. The van der Waals surface area contributed by atoms with E-state index in [-0.39, 0.29) is 11.4 Å². The van der Waals surface area contributed by atoms with Crippen molar-refractivity contribution < 1.29 is 4.79 Å². The van der Waals surface area contributed by atoms with Gasteiger partial charge in [0.15, 0.2) is 0 Å². The van der Waals surface area contributed by atoms with E-state index in [1.165, 1.54) is 10.3 Å². The maximum Gasteiger partial charge on any atom is 0.322 e. The van der Waals surface area contributed by atoms with Crippen LogP contribution in [0.15, 0.2) is 60.8 Å². The third kappa shape index (κ3) is 5.31. The molecule has 2 aliphatic rings. The van der Waals surface area contributed by atoms with Gasteiger partial charge in [-0.2, -0.15) is 0 Å². The molecule has 6 nitrogen and oxygen atoms in total. The highest BCUT2D eigenvalue weighted by atomic mass is 35.5. The summed E-state index contributed by atoms with van der Waals surface area (Å²) in [4.78, 5) is 27.2. The number of urea groups is 1. The lowest BCUT2D eigenvalue weighted by atomic mass is 9.74. The number of hydrogen-bond donors (Lipinski definition) is 1. The van der Waals surface area contributed by atoms with Crippen molar-refractivity contribution >= 4 is 50.9 Å². The number of likely N-dealkylation sites (tertiary alicyclic amines) is 1. The first kappa shape index (κ1) is 26.0. The molecule has 200 valence electrons. The number of pyridine rings is 1. The van der Waals surface area contributed by atoms with Gasteiger partial charge in [0.25, 0.3) is 0 Å². The number of hydrogen-bond acceptors (Lipinski definition) is 5. The van der Waals surface area contributed by atoms with Gasteiger partial charge in [-0.05, 0) is 87.3 Å². The minimum Gasteiger partial charge on any atom is -0.334 e. The normalized spacial score (nSPS) is 16.8. The molecule has 2 aromatic carbocycles. The van der Waals surface area contributed by atoms with E-state index >= 15 is 0 Å². The summed E-state index contributed by atoms with van der Waals surface area (Å²) in [6.07, 6.45) is 8.17. The first-order chi connectivity index (χ1) is 18.9. The Bertz CT molecular complexity index is 1540. The molecule has 1 saturated heterocycles. The van der Waals surface area contributed by atoms with Crippen LogP contribution in [-0.2, 0) is 12.0 Å². The zero-order valence-corrected chi connectivity index (χ0v) is 23.9. The second kappa shape index (κ2) is 10.7. The summed E-state index contributed by atoms with van der Waals surface area (Å²) in [7, 11) is 0. The van der Waals surface area contributed by atoms with E-state index in [1.54, 1.807) is 17.5 Å². The molecule has 2 aliphatic heterocycles. The van der Waals surface area contributed by atoms with Crippen LogP contribution in [-0.4, -0.2) is 47.1 Å². The molecule has 39 heavy (non-hydrogen) atoms. The Morgan fingerprint density at radius 2 is 1.92 bits per heavy atom. The largest absolute Gasteiger partial charge is 0.334 e. The molecule has 1 N–H and O–H groups in total. The van der Waals surface area contributed by atoms with E-state index < -0.39 is 0 Å². The van der Waals surface area contributed by atoms with Crippen molar-refractivity contribution in [2.75, 3.05) is 31.1 Å². The van der Waals surface area contributed by atoms with Gasteiger partial charge in [-0.25, -0.2) is 9.78 Å². The molecule has 4 heterocycles. The van der Waals surface area contributed by atoms with Gasteiger partial charge in [0, 0.05) is 47.5 Å². The summed E-state index contributed by atoms with van der Waals surface area (Å²) in [6, 6.07) is 16.1. The number of benzene rings is 2. The SMILES string of the molecule is Cc1cc(CNC(=O)N2CC3(CCN(C/C=C/c4ccc(Cl)cc4)CC3)c3c2ccc2sc(C)nc32)ccn1. The lowest BCUT2D eigenvalue weighted by molar-refractivity contribution is 0.180. The van der Waals surface area contributed by atoms with Crippen molar-refractivity contribution in [1.82, 2.24) is 20.2 Å². The van der Waals surface area contributed by atoms with E-state index in [0.29, 0.717) is 13.1 Å². The number of halogens is 1. The number of carbonyl (C=O) groups excluding carboxylic acids is 1. The standard InChI is InChI=1S/C31H32ClN5OS/c1-21-18-24(11-14-33-21)19-34-30(38)37-20-31(28-26(37)9-10-27-29(28)35-22(2)39-27)12-16-36(17-13-31)15-3-4-23-5-7-25(32)8-6-23/h3-11,14,18H,12-13,15-17,19-20H2,1-2H3,(H,34,38)/b4-3+. The fourth-order valence-corrected chi connectivity index (χ4v) is 6.92. The first-order valence-corrected chi connectivity index (χ1v) is 14.6. The van der Waals surface area contributed by atoms with Crippen LogP contribution in [0.25, 0.3) is 16.3 Å². The van der Waals surface area contributed by atoms with Crippen molar-refractivity contribution in [2.45, 2.75) is 38.6 Å². The van der Waals surface area contributed by atoms with Crippen molar-refractivity contribution in [2.24, 2.45) is 0 Å². The number of thiazole rings is 1. The third-order valence-electron chi connectivity index (χ3n) is 7.93. The van der Waals surface area contributed by atoms with Crippen LogP contribution in [0.1, 0.15) is 40.2 Å². The van der Waals surface area contributed by atoms with Gasteiger partial charge in [-0.1, -0.05) is 35.9 Å². The molecule has 2 aromatic heterocycles. The monoisotopic (exact) mass is 557 g/mol. The topological polar surface area (TPSA) is 61.4 Å². The van der Waals surface area contributed by atoms with Gasteiger partial charge in [-0.3, -0.25) is 14.8 Å². The summed E-state index contributed by atoms with van der Waals surface area (Å²) >= 11 is 7.74. The van der Waals surface area contributed by atoms with Crippen LogP contribution in [0.4, 0.5) is 10.5 Å². The van der Waals surface area contributed by atoms with Gasteiger partial charge in [0.05, 0.1) is 20.9 Å². The minimum absolute atomic E-state index is 0.0535. The number of anilines is 1. The first-order valence-electron chi connectivity index (χ1n) is 13.4. The van der Waals surface area contributed by atoms with Crippen LogP contribution in [0.2, 0.25) is 5.02 Å². The average molecular weight is 558 g/mol. The number of aryl methyl sites for hydroxylation is 2. The minimum atomic E-state index is -0.0870. The fraction of sp³-hybridized carbons (Fsp3) is 0.323. The van der Waals surface area contributed by atoms with Crippen LogP contribution >= 0.6 is 22.9 Å². The Morgan fingerprint density at radius 1 is 1.13 bits per heavy atom. The summed E-state index contributed by atoms with van der Waals surface area (Å²) in [6.45, 7) is 8.06. The second-order valence-electron chi connectivity index (χ2n) is 10.6. The second-order valence-corrected chi connectivity index (χ2v) is 12.3. The number of fused-ring (bicyclic) bond motifs is 4. The molecule has 1 spiro atoms. The molecule has 0 bridgehead atoms. The smallest absolute Gasteiger partial charge is 0.322 e. The Morgan fingerprint density at radius 3 is 2.69 bits per heavy atom. The predicted molar refractivity (Wildman–Crippen MR) is 161 cm³/mol. The predicted octanol–water partition coefficient (Wildman–Crippen LogP) is 6.74. The Labute approximate surface area is 238 Å². The van der Waals surface area contributed by atoms with E-state index in [4.69, 9.17) is 16.6 Å². The van der Waals surface area contributed by atoms with E-state index in [0.717, 1.165) is 70.5 Å². The molecule has 8 heteroatoms. The molecule has 4 aromatic rings. The van der Waals surface area contributed by atoms with E-state index in [9.17, 15) is 4.79 Å². The molecule has 0 atom stereocenters. The van der Waals surface area contributed by atoms with Crippen LogP contribution in [0, 0.1) is 13.8 Å². The molecule has 6 rings (SSSR count). The number of nitrogens with one attached hydrogen (secondary N) is 1. The van der Waals surface area contributed by atoms with Crippen molar-refractivity contribution in [3.05, 3.63) is 93.2 Å². The zero-order chi connectivity index (χ0) is 27.0. The van der Waals surface area contributed by atoms with Crippen molar-refractivity contribution in [3.63, 3.8) is 0 Å². The molecule has 0 radical (unpaired) electrons. The lowest BCUT2D eigenvalue weighted by Gasteiger charge is -2.39. The summed E-state index contributed by atoms with van der Waals surface area (Å²) in [5, 5.41) is 4.97. The highest BCUT2D eigenvalue weighted by molar-refractivity contribution is 7.18. The Balaban J connectivity index is 1.20. The molecular formula is C31H32ClN5OS. The van der Waals surface area contributed by atoms with Crippen molar-refractivity contribution in [1.29, 1.82) is 0 Å². The van der Waals surface area contributed by atoms with Gasteiger partial charge >= 0.3 is 6.03 Å². The number of rotatable bonds is 5. The van der Waals surface area contributed by atoms with Gasteiger partial charge in [0.1, 0.15) is 0 Å². The number of amides is 2. The summed E-state index contributed by atoms with van der Waals surface area (Å²) < 4.78 is 1.20. The number of nitrogens with zero attached hydrogens (tertiary/aromatic N) is 4. The molecule has 2 amide bonds. The van der Waals surface area contributed by atoms with Gasteiger partial charge in [0.2, 0.25) is 0 Å². The molecule has 0 saturated carbocycles. The zero-order valence-electron chi connectivity index (χ0n) is 22.3. The maximum atomic E-state index is 13.5. The van der Waals surface area contributed by atoms with Crippen molar-refractivity contribution in [3.8, 4) is 0 Å². The molecule has 0 unspecified atom stereocenters. The van der Waals surface area contributed by atoms with Crippen LogP contribution in [0.5, 0.6) is 0 Å². The quantitative estimate of drug-likeness (QED) is 0.295. The fourth-order valence-electron chi connectivity index (χ4n) is 5.96. The lowest BCUT2D eigenvalue weighted by Crippen LogP contribution is -2.47. The van der Waals surface area contributed by atoms with E-state index in [2.05, 4.69) is 46.4 Å².